The second-order valence-corrected chi connectivity index (χ2v) is 6.38. The summed E-state index contributed by atoms with van der Waals surface area (Å²) < 4.78 is 0. The van der Waals surface area contributed by atoms with Gasteiger partial charge in [-0.1, -0.05) is 0 Å². The largest absolute Gasteiger partial charge is 0.481 e. The molecule has 0 bridgehead atoms. The summed E-state index contributed by atoms with van der Waals surface area (Å²) in [6, 6.07) is 0. The van der Waals surface area contributed by atoms with Crippen LogP contribution in [-0.2, 0) is 16.1 Å². The molecule has 1 aliphatic rings. The van der Waals surface area contributed by atoms with Gasteiger partial charge >= 0.3 is 5.97 Å². The van der Waals surface area contributed by atoms with Gasteiger partial charge in [0.15, 0.2) is 0 Å². The second-order valence-electron chi connectivity index (χ2n) is 5.44. The van der Waals surface area contributed by atoms with E-state index in [0.29, 0.717) is 32.2 Å². The number of carboxylic acids is 1. The van der Waals surface area contributed by atoms with Gasteiger partial charge in [0, 0.05) is 17.8 Å². The summed E-state index contributed by atoms with van der Waals surface area (Å²) in [6.07, 6.45) is 2.59. The molecule has 1 fully saturated rings. The van der Waals surface area contributed by atoms with Crippen LogP contribution in [0.5, 0.6) is 0 Å². The SMILES string of the molecule is Cc1ncsc1CN(C)C(=O)C1CCC(C(=O)O)CC1. The van der Waals surface area contributed by atoms with Gasteiger partial charge < -0.3 is 10.0 Å². The van der Waals surface area contributed by atoms with Gasteiger partial charge in [-0.3, -0.25) is 9.59 Å². The van der Waals surface area contributed by atoms with Gasteiger partial charge in [-0.05, 0) is 32.6 Å². The molecule has 1 N–H and O–H groups in total. The molecule has 1 amide bonds. The molecular weight excluding hydrogens is 276 g/mol. The molecule has 5 nitrogen and oxygen atoms in total. The van der Waals surface area contributed by atoms with Crippen LogP contribution in [0.1, 0.15) is 36.3 Å². The van der Waals surface area contributed by atoms with Crippen molar-refractivity contribution in [3.8, 4) is 0 Å². The Hall–Kier alpha value is -1.43. The summed E-state index contributed by atoms with van der Waals surface area (Å²) in [6.45, 7) is 2.54. The van der Waals surface area contributed by atoms with Crippen molar-refractivity contribution in [3.05, 3.63) is 16.1 Å². The molecule has 110 valence electrons. The van der Waals surface area contributed by atoms with E-state index < -0.39 is 5.97 Å². The van der Waals surface area contributed by atoms with Crippen LogP contribution in [0.4, 0.5) is 0 Å². The summed E-state index contributed by atoms with van der Waals surface area (Å²) in [5, 5.41) is 8.97. The number of aliphatic carboxylic acids is 1. The Morgan fingerprint density at radius 2 is 1.95 bits per heavy atom. The van der Waals surface area contributed by atoms with Crippen molar-refractivity contribution in [1.29, 1.82) is 0 Å². The molecule has 0 atom stereocenters. The molecule has 0 aliphatic heterocycles. The van der Waals surface area contributed by atoms with E-state index in [4.69, 9.17) is 5.11 Å². The third-order valence-corrected chi connectivity index (χ3v) is 4.95. The summed E-state index contributed by atoms with van der Waals surface area (Å²) in [5.41, 5.74) is 2.77. The highest BCUT2D eigenvalue weighted by atomic mass is 32.1. The van der Waals surface area contributed by atoms with Crippen molar-refractivity contribution in [2.45, 2.75) is 39.2 Å². The monoisotopic (exact) mass is 296 g/mol. The lowest BCUT2D eigenvalue weighted by Gasteiger charge is -2.28. The first-order chi connectivity index (χ1) is 9.49. The van der Waals surface area contributed by atoms with Crippen LogP contribution in [-0.4, -0.2) is 33.9 Å². The zero-order valence-corrected chi connectivity index (χ0v) is 12.7. The van der Waals surface area contributed by atoms with Crippen molar-refractivity contribution >= 4 is 23.2 Å². The number of carbonyl (C=O) groups excluding carboxylic acids is 1. The Morgan fingerprint density at radius 1 is 1.35 bits per heavy atom. The van der Waals surface area contributed by atoms with Crippen LogP contribution >= 0.6 is 11.3 Å². The molecule has 1 heterocycles. The minimum Gasteiger partial charge on any atom is -0.481 e. The molecule has 1 aliphatic carbocycles. The lowest BCUT2D eigenvalue weighted by Crippen LogP contribution is -2.35. The van der Waals surface area contributed by atoms with Crippen molar-refractivity contribution in [2.24, 2.45) is 11.8 Å². The highest BCUT2D eigenvalue weighted by Gasteiger charge is 2.31. The average molecular weight is 296 g/mol. The van der Waals surface area contributed by atoms with E-state index in [1.807, 2.05) is 14.0 Å². The lowest BCUT2D eigenvalue weighted by atomic mass is 9.81. The number of aromatic nitrogens is 1. The van der Waals surface area contributed by atoms with Gasteiger partial charge in [0.05, 0.1) is 23.7 Å². The first-order valence-electron chi connectivity index (χ1n) is 6.85. The average Bonchev–Trinajstić information content (AvgIpc) is 2.83. The van der Waals surface area contributed by atoms with E-state index in [-0.39, 0.29) is 17.7 Å². The summed E-state index contributed by atoms with van der Waals surface area (Å²) in [7, 11) is 1.81. The molecule has 0 aromatic carbocycles. The molecule has 0 saturated heterocycles. The lowest BCUT2D eigenvalue weighted by molar-refractivity contribution is -0.145. The molecule has 2 rings (SSSR count). The summed E-state index contributed by atoms with van der Waals surface area (Å²) >= 11 is 1.56. The maximum atomic E-state index is 12.4. The number of carbonyl (C=O) groups is 2. The topological polar surface area (TPSA) is 70.5 Å². The molecule has 1 aromatic heterocycles. The van der Waals surface area contributed by atoms with Gasteiger partial charge in [-0.25, -0.2) is 4.98 Å². The number of thiazole rings is 1. The predicted octanol–water partition coefficient (Wildman–Crippen LogP) is 2.30. The van der Waals surface area contributed by atoms with E-state index in [1.54, 1.807) is 21.7 Å². The normalized spacial score (nSPS) is 22.5. The van der Waals surface area contributed by atoms with Crippen molar-refractivity contribution < 1.29 is 14.7 Å². The molecule has 0 spiro atoms. The number of carboxylic acid groups (broad SMARTS) is 1. The fourth-order valence-electron chi connectivity index (χ4n) is 2.67. The third-order valence-electron chi connectivity index (χ3n) is 4.03. The minimum atomic E-state index is -0.732. The van der Waals surface area contributed by atoms with Gasteiger partial charge in [0.2, 0.25) is 5.91 Å². The van der Waals surface area contributed by atoms with Crippen molar-refractivity contribution in [1.82, 2.24) is 9.88 Å². The fraction of sp³-hybridized carbons (Fsp3) is 0.643. The number of aryl methyl sites for hydroxylation is 1. The molecular formula is C14H20N2O3S. The maximum absolute atomic E-state index is 12.4. The maximum Gasteiger partial charge on any atom is 0.306 e. The summed E-state index contributed by atoms with van der Waals surface area (Å²) in [5.74, 6) is -0.900. The van der Waals surface area contributed by atoms with E-state index in [2.05, 4.69) is 4.98 Å². The second kappa shape index (κ2) is 6.35. The van der Waals surface area contributed by atoms with Gasteiger partial charge in [0.1, 0.15) is 0 Å². The molecule has 0 unspecified atom stereocenters. The number of hydrogen-bond donors (Lipinski definition) is 1. The molecule has 20 heavy (non-hydrogen) atoms. The van der Waals surface area contributed by atoms with Crippen molar-refractivity contribution in [3.63, 3.8) is 0 Å². The Bertz CT molecular complexity index is 492. The Balaban J connectivity index is 1.88. The van der Waals surface area contributed by atoms with Crippen LogP contribution in [0.3, 0.4) is 0 Å². The van der Waals surface area contributed by atoms with Crippen LogP contribution in [0.2, 0.25) is 0 Å². The Kier molecular flexibility index (Phi) is 4.75. The standard InChI is InChI=1S/C14H20N2O3S/c1-9-12(20-8-15-9)7-16(2)13(17)10-3-5-11(6-4-10)14(18)19/h8,10-11H,3-7H2,1-2H3,(H,18,19). The first kappa shape index (κ1) is 15.0. The smallest absolute Gasteiger partial charge is 0.306 e. The zero-order valence-electron chi connectivity index (χ0n) is 11.8. The molecule has 1 aromatic rings. The zero-order chi connectivity index (χ0) is 14.7. The quantitative estimate of drug-likeness (QED) is 0.925. The fourth-order valence-corrected chi connectivity index (χ4v) is 3.50. The molecule has 0 radical (unpaired) electrons. The third kappa shape index (κ3) is 3.36. The van der Waals surface area contributed by atoms with Crippen LogP contribution in [0.25, 0.3) is 0 Å². The first-order valence-corrected chi connectivity index (χ1v) is 7.73. The summed E-state index contributed by atoms with van der Waals surface area (Å²) in [4.78, 5) is 30.3. The number of hydrogen-bond acceptors (Lipinski definition) is 4. The predicted molar refractivity (Wildman–Crippen MR) is 76.4 cm³/mol. The van der Waals surface area contributed by atoms with E-state index in [0.717, 1.165) is 10.6 Å². The molecule has 1 saturated carbocycles. The Labute approximate surface area is 122 Å². The van der Waals surface area contributed by atoms with E-state index in [1.165, 1.54) is 0 Å². The van der Waals surface area contributed by atoms with Gasteiger partial charge in [-0.15, -0.1) is 11.3 Å². The number of nitrogens with zero attached hydrogens (tertiary/aromatic N) is 2. The van der Waals surface area contributed by atoms with Crippen LogP contribution in [0.15, 0.2) is 5.51 Å². The number of amides is 1. The van der Waals surface area contributed by atoms with Crippen molar-refractivity contribution in [2.75, 3.05) is 7.05 Å². The van der Waals surface area contributed by atoms with Crippen LogP contribution in [0, 0.1) is 18.8 Å². The van der Waals surface area contributed by atoms with E-state index in [9.17, 15) is 9.59 Å². The Morgan fingerprint density at radius 3 is 2.45 bits per heavy atom. The van der Waals surface area contributed by atoms with Gasteiger partial charge in [0.25, 0.3) is 0 Å². The van der Waals surface area contributed by atoms with E-state index >= 15 is 0 Å². The minimum absolute atomic E-state index is 0.0242. The highest BCUT2D eigenvalue weighted by molar-refractivity contribution is 7.09. The van der Waals surface area contributed by atoms with Crippen LogP contribution < -0.4 is 0 Å². The number of rotatable bonds is 4. The van der Waals surface area contributed by atoms with Gasteiger partial charge in [-0.2, -0.15) is 0 Å². The highest BCUT2D eigenvalue weighted by Crippen LogP contribution is 2.30. The molecule has 6 heteroatoms.